The van der Waals surface area contributed by atoms with Gasteiger partial charge in [0.15, 0.2) is 0 Å². The maximum absolute atomic E-state index is 14.1. The van der Waals surface area contributed by atoms with Crippen LogP contribution in [0.15, 0.2) is 48.5 Å². The molecule has 1 aromatic heterocycles. The van der Waals surface area contributed by atoms with Gasteiger partial charge in [0.2, 0.25) is 0 Å². The number of hydrogen-bond acceptors (Lipinski definition) is 3. The monoisotopic (exact) mass is 298 g/mol. The second-order valence-corrected chi connectivity index (χ2v) is 5.44. The van der Waals surface area contributed by atoms with Gasteiger partial charge < -0.3 is 10.8 Å². The summed E-state index contributed by atoms with van der Waals surface area (Å²) in [6.45, 7) is 1.95. The molecule has 0 saturated carbocycles. The molecule has 2 aromatic rings. The van der Waals surface area contributed by atoms with Gasteiger partial charge in [0.1, 0.15) is 17.2 Å². The summed E-state index contributed by atoms with van der Waals surface area (Å²) in [4.78, 5) is 15.3. The van der Waals surface area contributed by atoms with Crippen molar-refractivity contribution in [3.63, 3.8) is 0 Å². The van der Waals surface area contributed by atoms with Crippen LogP contribution in [0.3, 0.4) is 0 Å². The summed E-state index contributed by atoms with van der Waals surface area (Å²) in [7, 11) is 0. The van der Waals surface area contributed by atoms with Gasteiger partial charge in [-0.15, -0.1) is 0 Å². The Hall–Kier alpha value is -2.69. The topological polar surface area (TPSA) is 76.2 Å². The number of pyridine rings is 1. The molecule has 3 N–H and O–H groups in total. The van der Waals surface area contributed by atoms with E-state index in [-0.39, 0.29) is 29.0 Å². The van der Waals surface area contributed by atoms with E-state index in [0.29, 0.717) is 10.8 Å². The minimum absolute atomic E-state index is 0.0170. The van der Waals surface area contributed by atoms with Crippen molar-refractivity contribution in [2.75, 3.05) is 5.73 Å². The number of nitrogens with zero attached hydrogens (tertiary/aromatic N) is 1. The predicted octanol–water partition coefficient (Wildman–Crippen LogP) is 3.66. The fourth-order valence-corrected chi connectivity index (χ4v) is 2.93. The summed E-state index contributed by atoms with van der Waals surface area (Å²) < 4.78 is 14.1. The molecule has 112 valence electrons. The van der Waals surface area contributed by atoms with E-state index in [0.717, 1.165) is 5.56 Å². The highest BCUT2D eigenvalue weighted by molar-refractivity contribution is 6.07. The quantitative estimate of drug-likeness (QED) is 0.887. The molecule has 2 unspecified atom stereocenters. The summed E-state index contributed by atoms with van der Waals surface area (Å²) in [5.41, 5.74) is 6.42. The average molecular weight is 298 g/mol. The molecule has 1 aliphatic rings. The van der Waals surface area contributed by atoms with Crippen molar-refractivity contribution >= 4 is 22.6 Å². The number of rotatable bonds is 2. The number of carbonyl (C=O) groups is 1. The zero-order valence-corrected chi connectivity index (χ0v) is 12.0. The summed E-state index contributed by atoms with van der Waals surface area (Å²) in [5, 5.41) is 10.4. The summed E-state index contributed by atoms with van der Waals surface area (Å²) in [6, 6.07) is 5.20. The zero-order chi connectivity index (χ0) is 15.9. The lowest BCUT2D eigenvalue weighted by Crippen LogP contribution is -2.11. The maximum atomic E-state index is 14.1. The van der Waals surface area contributed by atoms with E-state index >= 15 is 0 Å². The highest BCUT2D eigenvalue weighted by Crippen LogP contribution is 2.37. The number of benzene rings is 1. The van der Waals surface area contributed by atoms with E-state index in [2.05, 4.69) is 4.98 Å². The number of fused-ring (bicyclic) bond motifs is 1. The lowest BCUT2D eigenvalue weighted by Gasteiger charge is -2.23. The van der Waals surface area contributed by atoms with Crippen LogP contribution in [-0.2, 0) is 0 Å². The van der Waals surface area contributed by atoms with Crippen LogP contribution in [0.5, 0.6) is 0 Å². The number of carboxylic acid groups (broad SMARTS) is 1. The normalized spacial score (nSPS) is 20.9. The van der Waals surface area contributed by atoms with Crippen molar-refractivity contribution in [1.82, 2.24) is 4.98 Å². The van der Waals surface area contributed by atoms with Gasteiger partial charge in [-0.1, -0.05) is 31.2 Å². The Labute approximate surface area is 126 Å². The first-order valence-corrected chi connectivity index (χ1v) is 6.94. The third kappa shape index (κ3) is 2.24. The van der Waals surface area contributed by atoms with Gasteiger partial charge in [-0.2, -0.15) is 0 Å². The van der Waals surface area contributed by atoms with Gasteiger partial charge in [-0.05, 0) is 23.6 Å². The van der Waals surface area contributed by atoms with Gasteiger partial charge >= 0.3 is 5.97 Å². The van der Waals surface area contributed by atoms with Crippen molar-refractivity contribution < 1.29 is 14.3 Å². The van der Waals surface area contributed by atoms with Gasteiger partial charge in [-0.25, -0.2) is 14.2 Å². The first-order valence-electron chi connectivity index (χ1n) is 6.94. The molecular weight excluding hydrogens is 283 g/mol. The van der Waals surface area contributed by atoms with Crippen molar-refractivity contribution in [2.45, 2.75) is 12.8 Å². The number of aromatic nitrogens is 1. The standard InChI is InChI=1S/C17H15FN2O2/c1-9-3-2-4-13(18)14(9)10-5-6-12-11(7-10)8-20-16(19)15(12)17(21)22/h2-9,14H,1H3,(H2,19,20)(H,21,22). The molecule has 3 rings (SSSR count). The lowest BCUT2D eigenvalue weighted by atomic mass is 9.82. The van der Waals surface area contributed by atoms with Crippen LogP contribution in [0.4, 0.5) is 10.2 Å². The van der Waals surface area contributed by atoms with Gasteiger partial charge in [0.05, 0.1) is 0 Å². The first kappa shape index (κ1) is 14.3. The van der Waals surface area contributed by atoms with Crippen LogP contribution in [0.1, 0.15) is 28.8 Å². The second-order valence-electron chi connectivity index (χ2n) is 5.44. The van der Waals surface area contributed by atoms with Gasteiger partial charge in [-0.3, -0.25) is 0 Å². The summed E-state index contributed by atoms with van der Waals surface area (Å²) >= 11 is 0. The molecule has 22 heavy (non-hydrogen) atoms. The molecule has 1 heterocycles. The molecular formula is C17H15FN2O2. The van der Waals surface area contributed by atoms with E-state index < -0.39 is 5.97 Å². The second kappa shape index (κ2) is 5.26. The van der Waals surface area contributed by atoms with Crippen LogP contribution in [-0.4, -0.2) is 16.1 Å². The van der Waals surface area contributed by atoms with Crippen molar-refractivity contribution in [3.05, 3.63) is 59.6 Å². The molecule has 0 fully saturated rings. The number of carboxylic acids is 1. The Morgan fingerprint density at radius 1 is 1.41 bits per heavy atom. The Morgan fingerprint density at radius 2 is 2.18 bits per heavy atom. The van der Waals surface area contributed by atoms with Crippen LogP contribution in [0.25, 0.3) is 10.8 Å². The Kier molecular flexibility index (Phi) is 3.41. The van der Waals surface area contributed by atoms with E-state index in [4.69, 9.17) is 5.73 Å². The minimum atomic E-state index is -1.12. The molecule has 1 aliphatic carbocycles. The molecule has 0 spiro atoms. The Bertz CT molecular complexity index is 827. The number of halogens is 1. The fraction of sp³-hybridized carbons (Fsp3) is 0.176. The fourth-order valence-electron chi connectivity index (χ4n) is 2.93. The lowest BCUT2D eigenvalue weighted by molar-refractivity contribution is 0.0700. The highest BCUT2D eigenvalue weighted by atomic mass is 19.1. The number of nitrogen functional groups attached to an aromatic ring is 1. The molecule has 0 aliphatic heterocycles. The van der Waals surface area contributed by atoms with E-state index in [1.807, 2.05) is 13.0 Å². The highest BCUT2D eigenvalue weighted by Gasteiger charge is 2.25. The van der Waals surface area contributed by atoms with Crippen molar-refractivity contribution in [1.29, 1.82) is 0 Å². The molecule has 0 bridgehead atoms. The molecule has 0 saturated heterocycles. The molecule has 2 atom stereocenters. The zero-order valence-electron chi connectivity index (χ0n) is 12.0. The third-order valence-electron chi connectivity index (χ3n) is 4.01. The van der Waals surface area contributed by atoms with E-state index in [9.17, 15) is 14.3 Å². The van der Waals surface area contributed by atoms with Crippen LogP contribution < -0.4 is 5.73 Å². The third-order valence-corrected chi connectivity index (χ3v) is 4.01. The first-order chi connectivity index (χ1) is 10.5. The van der Waals surface area contributed by atoms with E-state index in [1.54, 1.807) is 24.3 Å². The molecule has 1 aromatic carbocycles. The summed E-state index contributed by atoms with van der Waals surface area (Å²) in [5.74, 6) is -1.67. The predicted molar refractivity (Wildman–Crippen MR) is 83.4 cm³/mol. The van der Waals surface area contributed by atoms with Gasteiger partial charge in [0, 0.05) is 22.9 Å². The van der Waals surface area contributed by atoms with Crippen molar-refractivity contribution in [3.8, 4) is 0 Å². The Morgan fingerprint density at radius 3 is 2.86 bits per heavy atom. The summed E-state index contributed by atoms with van der Waals surface area (Å²) in [6.07, 6.45) is 6.63. The molecule has 0 amide bonds. The molecule has 4 nitrogen and oxygen atoms in total. The Balaban J connectivity index is 2.16. The SMILES string of the molecule is CC1C=CC=C(F)C1c1ccc2c(C(=O)O)c(N)ncc2c1. The van der Waals surface area contributed by atoms with E-state index in [1.165, 1.54) is 12.3 Å². The van der Waals surface area contributed by atoms with Crippen LogP contribution in [0, 0.1) is 5.92 Å². The number of aromatic carboxylic acids is 1. The molecule has 0 radical (unpaired) electrons. The molecule has 5 heteroatoms. The largest absolute Gasteiger partial charge is 0.478 e. The minimum Gasteiger partial charge on any atom is -0.478 e. The van der Waals surface area contributed by atoms with Crippen LogP contribution >= 0.6 is 0 Å². The van der Waals surface area contributed by atoms with Crippen molar-refractivity contribution in [2.24, 2.45) is 5.92 Å². The number of allylic oxidation sites excluding steroid dienone is 4. The van der Waals surface area contributed by atoms with Gasteiger partial charge in [0.25, 0.3) is 0 Å². The van der Waals surface area contributed by atoms with Crippen LogP contribution in [0.2, 0.25) is 0 Å². The number of anilines is 1. The maximum Gasteiger partial charge on any atom is 0.340 e. The average Bonchev–Trinajstić information content (AvgIpc) is 2.46. The number of hydrogen-bond donors (Lipinski definition) is 2. The number of nitrogens with two attached hydrogens (primary N) is 1. The smallest absolute Gasteiger partial charge is 0.340 e.